The molecule has 0 fully saturated rings. The van der Waals surface area contributed by atoms with Crippen molar-refractivity contribution in [1.82, 2.24) is 10.3 Å². The zero-order valence-electron chi connectivity index (χ0n) is 12.4. The molecular formula is C16H17N3O3. The van der Waals surface area contributed by atoms with Crippen LogP contribution >= 0.6 is 0 Å². The van der Waals surface area contributed by atoms with Crippen LogP contribution in [0.5, 0.6) is 0 Å². The predicted molar refractivity (Wildman–Crippen MR) is 82.6 cm³/mol. The van der Waals surface area contributed by atoms with E-state index in [1.165, 1.54) is 13.3 Å². The average Bonchev–Trinajstić information content (AvgIpc) is 2.52. The summed E-state index contributed by atoms with van der Waals surface area (Å²) >= 11 is 0. The summed E-state index contributed by atoms with van der Waals surface area (Å²) in [6, 6.07) is 10.3. The molecule has 22 heavy (non-hydrogen) atoms. The van der Waals surface area contributed by atoms with Crippen molar-refractivity contribution in [3.05, 3.63) is 59.4 Å². The van der Waals surface area contributed by atoms with E-state index in [4.69, 9.17) is 0 Å². The van der Waals surface area contributed by atoms with Gasteiger partial charge in [0.15, 0.2) is 0 Å². The third-order valence-corrected chi connectivity index (χ3v) is 2.94. The van der Waals surface area contributed by atoms with E-state index >= 15 is 0 Å². The van der Waals surface area contributed by atoms with E-state index in [0.717, 1.165) is 5.56 Å². The molecule has 0 aliphatic carbocycles. The van der Waals surface area contributed by atoms with Crippen molar-refractivity contribution in [2.24, 2.45) is 0 Å². The van der Waals surface area contributed by atoms with Gasteiger partial charge in [0.1, 0.15) is 0 Å². The van der Waals surface area contributed by atoms with Gasteiger partial charge in [0.2, 0.25) is 0 Å². The number of hydrogen-bond donors (Lipinski definition) is 2. The molecule has 2 amide bonds. The highest BCUT2D eigenvalue weighted by Gasteiger charge is 2.07. The van der Waals surface area contributed by atoms with Gasteiger partial charge in [0.05, 0.1) is 24.9 Å². The number of methoxy groups -OCH3 is 1. The summed E-state index contributed by atoms with van der Waals surface area (Å²) in [6.07, 6.45) is 1.50. The number of anilines is 1. The first kappa shape index (κ1) is 15.5. The molecule has 2 rings (SSSR count). The van der Waals surface area contributed by atoms with Crippen molar-refractivity contribution < 1.29 is 14.3 Å². The van der Waals surface area contributed by atoms with Gasteiger partial charge in [0.25, 0.3) is 0 Å². The molecule has 1 aromatic carbocycles. The van der Waals surface area contributed by atoms with Crippen LogP contribution in [0.4, 0.5) is 10.5 Å². The lowest BCUT2D eigenvalue weighted by Gasteiger charge is -2.08. The fourth-order valence-electron chi connectivity index (χ4n) is 1.89. The minimum absolute atomic E-state index is 0.211. The Bertz CT molecular complexity index is 686. The van der Waals surface area contributed by atoms with E-state index in [-0.39, 0.29) is 12.6 Å². The van der Waals surface area contributed by atoms with Crippen LogP contribution < -0.4 is 10.6 Å². The lowest BCUT2D eigenvalue weighted by molar-refractivity contribution is 0.0600. The van der Waals surface area contributed by atoms with E-state index in [1.807, 2.05) is 31.2 Å². The number of hydrogen-bond acceptors (Lipinski definition) is 4. The predicted octanol–water partition coefficient (Wildman–Crippen LogP) is 2.50. The fourth-order valence-corrected chi connectivity index (χ4v) is 1.89. The molecule has 0 bridgehead atoms. The SMILES string of the molecule is COC(=O)c1ccnc(CNC(=O)Nc2cccc(C)c2)c1. The molecule has 2 aromatic rings. The van der Waals surface area contributed by atoms with Crippen LogP contribution in [0.1, 0.15) is 21.6 Å². The molecule has 0 atom stereocenters. The van der Waals surface area contributed by atoms with Crippen molar-refractivity contribution in [3.8, 4) is 0 Å². The molecule has 1 aromatic heterocycles. The lowest BCUT2D eigenvalue weighted by Crippen LogP contribution is -2.28. The Morgan fingerprint density at radius 2 is 2.05 bits per heavy atom. The van der Waals surface area contributed by atoms with Crippen LogP contribution in [0.25, 0.3) is 0 Å². The maximum absolute atomic E-state index is 11.8. The molecule has 1 heterocycles. The van der Waals surface area contributed by atoms with Crippen molar-refractivity contribution in [1.29, 1.82) is 0 Å². The minimum atomic E-state index is -0.437. The molecule has 0 saturated heterocycles. The van der Waals surface area contributed by atoms with Gasteiger partial charge in [-0.25, -0.2) is 9.59 Å². The molecule has 6 nitrogen and oxygen atoms in total. The maximum Gasteiger partial charge on any atom is 0.337 e. The number of aryl methyl sites for hydroxylation is 1. The van der Waals surface area contributed by atoms with Gasteiger partial charge in [-0.1, -0.05) is 12.1 Å². The summed E-state index contributed by atoms with van der Waals surface area (Å²) in [5.74, 6) is -0.437. The number of benzene rings is 1. The van der Waals surface area contributed by atoms with Gasteiger partial charge in [-0.3, -0.25) is 4.98 Å². The molecule has 114 valence electrons. The van der Waals surface area contributed by atoms with Gasteiger partial charge < -0.3 is 15.4 Å². The maximum atomic E-state index is 11.8. The summed E-state index contributed by atoms with van der Waals surface area (Å²) in [7, 11) is 1.32. The van der Waals surface area contributed by atoms with Crippen molar-refractivity contribution in [2.45, 2.75) is 13.5 Å². The smallest absolute Gasteiger partial charge is 0.337 e. The van der Waals surface area contributed by atoms with Crippen LogP contribution in [0, 0.1) is 6.92 Å². The highest BCUT2D eigenvalue weighted by atomic mass is 16.5. The Morgan fingerprint density at radius 3 is 2.77 bits per heavy atom. The van der Waals surface area contributed by atoms with Crippen LogP contribution in [-0.2, 0) is 11.3 Å². The molecular weight excluding hydrogens is 282 g/mol. The summed E-state index contributed by atoms with van der Waals surface area (Å²) in [6.45, 7) is 2.16. The Balaban J connectivity index is 1.92. The number of carbonyl (C=O) groups excluding carboxylic acids is 2. The van der Waals surface area contributed by atoms with E-state index in [2.05, 4.69) is 20.4 Å². The largest absolute Gasteiger partial charge is 0.465 e. The van der Waals surface area contributed by atoms with Gasteiger partial charge in [-0.2, -0.15) is 0 Å². The number of ether oxygens (including phenoxy) is 1. The Labute approximate surface area is 128 Å². The molecule has 0 aliphatic heterocycles. The Kier molecular flexibility index (Phi) is 5.08. The van der Waals surface area contributed by atoms with E-state index in [1.54, 1.807) is 12.1 Å². The first-order chi connectivity index (χ1) is 10.6. The quantitative estimate of drug-likeness (QED) is 0.850. The van der Waals surface area contributed by atoms with Gasteiger partial charge in [-0.15, -0.1) is 0 Å². The highest BCUT2D eigenvalue weighted by molar-refractivity contribution is 5.90. The van der Waals surface area contributed by atoms with Crippen LogP contribution in [0.2, 0.25) is 0 Å². The van der Waals surface area contributed by atoms with Crippen molar-refractivity contribution in [3.63, 3.8) is 0 Å². The third kappa shape index (κ3) is 4.31. The number of esters is 1. The summed E-state index contributed by atoms with van der Waals surface area (Å²) in [5, 5.41) is 5.42. The molecule has 0 saturated carbocycles. The molecule has 0 unspecified atom stereocenters. The summed E-state index contributed by atoms with van der Waals surface area (Å²) in [4.78, 5) is 27.4. The van der Waals surface area contributed by atoms with Crippen LogP contribution in [-0.4, -0.2) is 24.1 Å². The van der Waals surface area contributed by atoms with Crippen molar-refractivity contribution in [2.75, 3.05) is 12.4 Å². The second-order valence-electron chi connectivity index (χ2n) is 4.70. The minimum Gasteiger partial charge on any atom is -0.465 e. The summed E-state index contributed by atoms with van der Waals surface area (Å²) in [5.41, 5.74) is 2.75. The summed E-state index contributed by atoms with van der Waals surface area (Å²) < 4.78 is 4.64. The number of urea groups is 1. The standard InChI is InChI=1S/C16H17N3O3/c1-11-4-3-5-13(8-11)19-16(21)18-10-14-9-12(6-7-17-14)15(20)22-2/h3-9H,10H2,1-2H3,(H2,18,19,21). The number of aromatic nitrogens is 1. The molecule has 2 N–H and O–H groups in total. The lowest BCUT2D eigenvalue weighted by atomic mass is 10.2. The third-order valence-electron chi connectivity index (χ3n) is 2.94. The number of pyridine rings is 1. The monoisotopic (exact) mass is 299 g/mol. The van der Waals surface area contributed by atoms with Crippen molar-refractivity contribution >= 4 is 17.7 Å². The van der Waals surface area contributed by atoms with Gasteiger partial charge in [0, 0.05) is 11.9 Å². The Hall–Kier alpha value is -2.89. The fraction of sp³-hybridized carbons (Fsp3) is 0.188. The normalized spacial score (nSPS) is 9.91. The van der Waals surface area contributed by atoms with E-state index in [9.17, 15) is 9.59 Å². The number of amides is 2. The molecule has 0 aliphatic rings. The molecule has 0 radical (unpaired) electrons. The van der Waals surface area contributed by atoms with Gasteiger partial charge in [-0.05, 0) is 36.8 Å². The topological polar surface area (TPSA) is 80.3 Å². The zero-order valence-corrected chi connectivity index (χ0v) is 12.4. The van der Waals surface area contributed by atoms with Crippen LogP contribution in [0.15, 0.2) is 42.6 Å². The second-order valence-corrected chi connectivity index (χ2v) is 4.70. The zero-order chi connectivity index (χ0) is 15.9. The van der Waals surface area contributed by atoms with Gasteiger partial charge >= 0.3 is 12.0 Å². The Morgan fingerprint density at radius 1 is 1.23 bits per heavy atom. The number of nitrogens with zero attached hydrogens (tertiary/aromatic N) is 1. The molecule has 6 heteroatoms. The van der Waals surface area contributed by atoms with E-state index in [0.29, 0.717) is 16.9 Å². The second kappa shape index (κ2) is 7.21. The first-order valence-electron chi connectivity index (χ1n) is 6.73. The number of rotatable bonds is 4. The highest BCUT2D eigenvalue weighted by Crippen LogP contribution is 2.09. The number of nitrogens with one attached hydrogen (secondary N) is 2. The average molecular weight is 299 g/mol. The first-order valence-corrected chi connectivity index (χ1v) is 6.73. The van der Waals surface area contributed by atoms with Crippen LogP contribution in [0.3, 0.4) is 0 Å². The van der Waals surface area contributed by atoms with E-state index < -0.39 is 5.97 Å². The molecule has 0 spiro atoms. The number of carbonyl (C=O) groups is 2.